The van der Waals surface area contributed by atoms with E-state index in [2.05, 4.69) is 36.2 Å². The number of ether oxygens (including phenoxy) is 1. The molecule has 226 valence electrons. The Hall–Kier alpha value is -5.10. The molecule has 3 aromatic carbocycles. The molecule has 2 heterocycles. The van der Waals surface area contributed by atoms with Gasteiger partial charge in [-0.3, -0.25) is 14.9 Å². The van der Waals surface area contributed by atoms with Crippen molar-refractivity contribution in [2.75, 3.05) is 17.7 Å². The maximum atomic E-state index is 15.4. The van der Waals surface area contributed by atoms with Crippen molar-refractivity contribution < 1.29 is 23.5 Å². The van der Waals surface area contributed by atoms with E-state index < -0.39 is 23.9 Å². The number of nitrogens with one attached hydrogen (secondary N) is 3. The predicted octanol–water partition coefficient (Wildman–Crippen LogP) is 6.07. The molecule has 0 saturated carbocycles. The van der Waals surface area contributed by atoms with Gasteiger partial charge in [-0.15, -0.1) is 5.10 Å². The lowest BCUT2D eigenvalue weighted by Gasteiger charge is -2.20. The lowest BCUT2D eigenvalue weighted by molar-refractivity contribution is -0.117. The zero-order chi connectivity index (χ0) is 31.1. The SMILES string of the molecule is COC(=O)Nc1ccc2c(c1)NC(=O)CCCCCC(NC(=O)C=Cc1cc(Cl)ccc1-n1cnnn1)c1cc-2ccc1F. The van der Waals surface area contributed by atoms with E-state index in [-0.39, 0.29) is 12.3 Å². The first-order chi connectivity index (χ1) is 21.3. The molecular formula is C31H29ClFN7O4. The number of aromatic nitrogens is 4. The van der Waals surface area contributed by atoms with Crippen LogP contribution in [0.25, 0.3) is 22.9 Å². The number of carbonyl (C=O) groups is 3. The zero-order valence-electron chi connectivity index (χ0n) is 23.7. The maximum absolute atomic E-state index is 15.4. The molecule has 3 amide bonds. The van der Waals surface area contributed by atoms with Gasteiger partial charge in [-0.1, -0.05) is 36.6 Å². The molecule has 4 aromatic rings. The number of hydrogen-bond acceptors (Lipinski definition) is 7. The fraction of sp³-hybridized carbons (Fsp3) is 0.226. The quantitative estimate of drug-likeness (QED) is 0.231. The number of methoxy groups -OCH3 is 1. The van der Waals surface area contributed by atoms with E-state index in [1.54, 1.807) is 54.6 Å². The molecule has 1 atom stereocenters. The van der Waals surface area contributed by atoms with Gasteiger partial charge in [0.25, 0.3) is 0 Å². The predicted molar refractivity (Wildman–Crippen MR) is 164 cm³/mol. The molecule has 1 unspecified atom stereocenters. The highest BCUT2D eigenvalue weighted by Crippen LogP contribution is 2.35. The van der Waals surface area contributed by atoms with Gasteiger partial charge in [0.15, 0.2) is 0 Å². The fourth-order valence-electron chi connectivity index (χ4n) is 4.98. The molecule has 0 aliphatic carbocycles. The van der Waals surface area contributed by atoms with Crippen molar-refractivity contribution in [3.05, 3.63) is 89.0 Å². The number of amides is 3. The number of tetrazole rings is 1. The zero-order valence-corrected chi connectivity index (χ0v) is 24.5. The first kappa shape index (κ1) is 30.4. The van der Waals surface area contributed by atoms with Crippen molar-refractivity contribution in [2.24, 2.45) is 0 Å². The number of rotatable bonds is 5. The Morgan fingerprint density at radius 3 is 2.77 bits per heavy atom. The summed E-state index contributed by atoms with van der Waals surface area (Å²) in [4.78, 5) is 37.7. The van der Waals surface area contributed by atoms with Crippen LogP contribution in [0.1, 0.15) is 49.3 Å². The number of carbonyl (C=O) groups excluding carboxylic acids is 3. The molecule has 1 aliphatic rings. The minimum absolute atomic E-state index is 0.180. The molecule has 2 bridgehead atoms. The van der Waals surface area contributed by atoms with Gasteiger partial charge in [-0.25, -0.2) is 9.18 Å². The highest BCUT2D eigenvalue weighted by molar-refractivity contribution is 6.30. The average Bonchev–Trinajstić information content (AvgIpc) is 3.54. The van der Waals surface area contributed by atoms with E-state index >= 15 is 4.39 Å². The van der Waals surface area contributed by atoms with E-state index in [1.165, 1.54) is 30.3 Å². The molecule has 0 spiro atoms. The summed E-state index contributed by atoms with van der Waals surface area (Å²) in [5, 5.41) is 20.2. The van der Waals surface area contributed by atoms with Crippen molar-refractivity contribution in [2.45, 2.75) is 38.1 Å². The number of fused-ring (bicyclic) bond motifs is 4. The Morgan fingerprint density at radius 2 is 1.98 bits per heavy atom. The van der Waals surface area contributed by atoms with Crippen molar-refractivity contribution >= 4 is 47.0 Å². The summed E-state index contributed by atoms with van der Waals surface area (Å²) in [5.41, 5.74) is 3.66. The van der Waals surface area contributed by atoms with Crippen LogP contribution in [-0.4, -0.2) is 45.2 Å². The van der Waals surface area contributed by atoms with Crippen LogP contribution in [0, 0.1) is 5.82 Å². The number of nitrogens with zero attached hydrogens (tertiary/aromatic N) is 4. The van der Waals surface area contributed by atoms with E-state index in [1.807, 2.05) is 0 Å². The molecule has 0 radical (unpaired) electrons. The summed E-state index contributed by atoms with van der Waals surface area (Å²) < 4.78 is 21.5. The molecule has 1 aromatic heterocycles. The number of benzene rings is 3. The van der Waals surface area contributed by atoms with Crippen LogP contribution in [-0.2, 0) is 14.3 Å². The first-order valence-corrected chi connectivity index (χ1v) is 14.3. The Balaban J connectivity index is 1.45. The van der Waals surface area contributed by atoms with Gasteiger partial charge >= 0.3 is 6.09 Å². The van der Waals surface area contributed by atoms with Crippen LogP contribution in [0.4, 0.5) is 20.6 Å². The average molecular weight is 618 g/mol. The standard InChI is InChI=1S/C31H29ClFN7O4/c1-44-31(43)35-22-10-11-23-19-7-12-25(33)24(16-19)26(5-3-2-4-6-29(41)37-27(23)17-22)36-30(42)14-8-20-15-21(32)9-13-28(20)40-18-34-38-39-40/h7-18,26H,2-6H2,1H3,(H,35,43)(H,36,42)(H,37,41). The number of hydrogen-bond donors (Lipinski definition) is 3. The summed E-state index contributed by atoms with van der Waals surface area (Å²) in [6, 6.07) is 14.1. The molecule has 1 aliphatic heterocycles. The molecule has 0 saturated heterocycles. The van der Waals surface area contributed by atoms with Crippen molar-refractivity contribution in [1.82, 2.24) is 25.5 Å². The molecule has 3 N–H and O–H groups in total. The van der Waals surface area contributed by atoms with Gasteiger partial charge in [0.1, 0.15) is 12.1 Å². The third-order valence-corrected chi connectivity index (χ3v) is 7.36. The highest BCUT2D eigenvalue weighted by Gasteiger charge is 2.21. The first-order valence-electron chi connectivity index (χ1n) is 13.9. The van der Waals surface area contributed by atoms with Crippen LogP contribution in [0.5, 0.6) is 0 Å². The summed E-state index contributed by atoms with van der Waals surface area (Å²) in [7, 11) is 1.25. The second-order valence-corrected chi connectivity index (χ2v) is 10.5. The van der Waals surface area contributed by atoms with E-state index in [0.717, 1.165) is 0 Å². The summed E-state index contributed by atoms with van der Waals surface area (Å²) >= 11 is 6.20. The van der Waals surface area contributed by atoms with Crippen LogP contribution >= 0.6 is 11.6 Å². The number of anilines is 2. The Kier molecular flexibility index (Phi) is 9.60. The minimum atomic E-state index is -0.653. The van der Waals surface area contributed by atoms with Crippen molar-refractivity contribution in [1.29, 1.82) is 0 Å². The Bertz CT molecular complexity index is 1710. The Labute approximate surface area is 257 Å². The van der Waals surface area contributed by atoms with Gasteiger partial charge in [0.05, 0.1) is 24.5 Å². The van der Waals surface area contributed by atoms with Crippen molar-refractivity contribution in [3.63, 3.8) is 0 Å². The van der Waals surface area contributed by atoms with E-state index in [0.29, 0.717) is 70.0 Å². The molecule has 44 heavy (non-hydrogen) atoms. The van der Waals surface area contributed by atoms with Crippen LogP contribution < -0.4 is 16.0 Å². The van der Waals surface area contributed by atoms with Gasteiger partial charge in [-0.2, -0.15) is 4.68 Å². The normalized spacial score (nSPS) is 15.2. The smallest absolute Gasteiger partial charge is 0.411 e. The van der Waals surface area contributed by atoms with Gasteiger partial charge in [-0.05, 0) is 77.4 Å². The molecule has 5 rings (SSSR count). The summed E-state index contributed by atoms with van der Waals surface area (Å²) in [6.45, 7) is 0. The molecule has 13 heteroatoms. The third kappa shape index (κ3) is 7.45. The van der Waals surface area contributed by atoms with Gasteiger partial charge < -0.3 is 15.4 Å². The highest BCUT2D eigenvalue weighted by atomic mass is 35.5. The van der Waals surface area contributed by atoms with Crippen molar-refractivity contribution in [3.8, 4) is 16.8 Å². The number of halogens is 2. The summed E-state index contributed by atoms with van der Waals surface area (Å²) in [6.07, 6.45) is 6.44. The van der Waals surface area contributed by atoms with Crippen LogP contribution in [0.2, 0.25) is 5.02 Å². The van der Waals surface area contributed by atoms with Gasteiger partial charge in [0, 0.05) is 39.9 Å². The maximum Gasteiger partial charge on any atom is 0.411 e. The molecule has 11 nitrogen and oxygen atoms in total. The molecular weight excluding hydrogens is 589 g/mol. The fourth-order valence-corrected chi connectivity index (χ4v) is 5.16. The summed E-state index contributed by atoms with van der Waals surface area (Å²) in [5.74, 6) is -1.08. The lowest BCUT2D eigenvalue weighted by atomic mass is 9.94. The Morgan fingerprint density at radius 1 is 1.11 bits per heavy atom. The van der Waals surface area contributed by atoms with Gasteiger partial charge in [0.2, 0.25) is 11.8 Å². The molecule has 0 fully saturated rings. The largest absolute Gasteiger partial charge is 0.453 e. The van der Waals surface area contributed by atoms with Crippen LogP contribution in [0.15, 0.2) is 67.0 Å². The van der Waals surface area contributed by atoms with E-state index in [4.69, 9.17) is 11.6 Å². The van der Waals surface area contributed by atoms with Crippen LogP contribution in [0.3, 0.4) is 0 Å². The topological polar surface area (TPSA) is 140 Å². The third-order valence-electron chi connectivity index (χ3n) is 7.12. The minimum Gasteiger partial charge on any atom is -0.453 e. The van der Waals surface area contributed by atoms with E-state index in [9.17, 15) is 14.4 Å². The monoisotopic (exact) mass is 617 g/mol. The second kappa shape index (κ2) is 13.9. The lowest BCUT2D eigenvalue weighted by Crippen LogP contribution is -2.27. The second-order valence-electron chi connectivity index (χ2n) is 10.1.